The highest BCUT2D eigenvalue weighted by Gasteiger charge is 2.29. The molecule has 1 amide bonds. The molecule has 6 heteroatoms. The Balaban J connectivity index is 1.38. The van der Waals surface area contributed by atoms with Crippen LogP contribution in [0.25, 0.3) is 22.0 Å². The van der Waals surface area contributed by atoms with Gasteiger partial charge in [0.05, 0.1) is 0 Å². The average molecular weight is 434 g/mol. The van der Waals surface area contributed by atoms with Gasteiger partial charge in [0.2, 0.25) is 0 Å². The van der Waals surface area contributed by atoms with Gasteiger partial charge in [0.15, 0.2) is 0 Å². The van der Waals surface area contributed by atoms with Crippen LogP contribution in [0, 0.1) is 6.92 Å². The normalized spacial score (nSPS) is 16.5. The van der Waals surface area contributed by atoms with E-state index in [1.54, 1.807) is 4.90 Å². The van der Waals surface area contributed by atoms with Gasteiger partial charge in [-0.05, 0) is 68.3 Å². The minimum absolute atomic E-state index is 0.0669. The van der Waals surface area contributed by atoms with E-state index in [9.17, 15) is 9.59 Å². The van der Waals surface area contributed by atoms with Crippen molar-refractivity contribution < 1.29 is 9.53 Å². The highest BCUT2D eigenvalue weighted by molar-refractivity contribution is 5.87. The molecule has 6 nitrogen and oxygen atoms in total. The van der Waals surface area contributed by atoms with Crippen LogP contribution < -0.4 is 10.9 Å². The summed E-state index contributed by atoms with van der Waals surface area (Å²) in [6, 6.07) is 16.3. The van der Waals surface area contributed by atoms with Crippen LogP contribution in [0.15, 0.2) is 53.3 Å². The van der Waals surface area contributed by atoms with E-state index in [0.717, 1.165) is 40.7 Å². The first-order chi connectivity index (χ1) is 15.2. The number of nitrogens with zero attached hydrogens (tertiary/aromatic N) is 1. The maximum atomic E-state index is 12.5. The minimum Gasteiger partial charge on any atom is -0.444 e. The Bertz CT molecular complexity index is 1180. The number of aromatic amines is 1. The third-order valence-electron chi connectivity index (χ3n) is 5.81. The number of hydrogen-bond acceptors (Lipinski definition) is 4. The molecule has 1 atom stereocenters. The lowest BCUT2D eigenvalue weighted by Crippen LogP contribution is -2.38. The zero-order valence-corrected chi connectivity index (χ0v) is 19.2. The van der Waals surface area contributed by atoms with Gasteiger partial charge >= 0.3 is 6.09 Å². The number of pyridine rings is 1. The number of H-pyrrole nitrogens is 1. The van der Waals surface area contributed by atoms with Gasteiger partial charge in [0, 0.05) is 36.8 Å². The maximum Gasteiger partial charge on any atom is 0.410 e. The number of rotatable bonds is 4. The summed E-state index contributed by atoms with van der Waals surface area (Å²) < 4.78 is 5.46. The molecule has 0 radical (unpaired) electrons. The van der Waals surface area contributed by atoms with E-state index < -0.39 is 5.60 Å². The van der Waals surface area contributed by atoms with Crippen molar-refractivity contribution in [2.75, 3.05) is 13.1 Å². The Kier molecular flexibility index (Phi) is 6.07. The fourth-order valence-corrected chi connectivity index (χ4v) is 4.08. The number of hydrogen-bond donors (Lipinski definition) is 2. The van der Waals surface area contributed by atoms with Crippen molar-refractivity contribution in [1.82, 2.24) is 15.2 Å². The number of aromatic nitrogens is 1. The van der Waals surface area contributed by atoms with Crippen molar-refractivity contribution in [3.05, 3.63) is 70.0 Å². The molecule has 3 aromatic rings. The second kappa shape index (κ2) is 8.79. The summed E-state index contributed by atoms with van der Waals surface area (Å²) in [5.74, 6) is 0. The molecular formula is C26H31N3O3. The summed E-state index contributed by atoms with van der Waals surface area (Å²) in [4.78, 5) is 29.5. The number of amides is 1. The number of carbonyl (C=O) groups excluding carboxylic acids is 1. The number of benzene rings is 2. The molecule has 0 saturated carbocycles. The fourth-order valence-electron chi connectivity index (χ4n) is 4.08. The molecule has 0 aliphatic carbocycles. The van der Waals surface area contributed by atoms with Gasteiger partial charge in [-0.2, -0.15) is 0 Å². The zero-order chi connectivity index (χ0) is 22.9. The summed E-state index contributed by atoms with van der Waals surface area (Å²) in [6.07, 6.45) is 0.667. The monoisotopic (exact) mass is 433 g/mol. The van der Waals surface area contributed by atoms with E-state index in [1.807, 2.05) is 64.1 Å². The number of ether oxygens (including phenoxy) is 1. The Morgan fingerprint density at radius 1 is 1.16 bits per heavy atom. The Hall–Kier alpha value is -3.12. The minimum atomic E-state index is -0.474. The van der Waals surface area contributed by atoms with Crippen LogP contribution in [0.5, 0.6) is 0 Å². The van der Waals surface area contributed by atoms with Gasteiger partial charge in [0.1, 0.15) is 5.60 Å². The molecule has 1 aliphatic rings. The highest BCUT2D eigenvalue weighted by Crippen LogP contribution is 2.23. The van der Waals surface area contributed by atoms with Gasteiger partial charge in [-0.15, -0.1) is 0 Å². The number of fused-ring (bicyclic) bond motifs is 1. The smallest absolute Gasteiger partial charge is 0.410 e. The second-order valence-corrected chi connectivity index (χ2v) is 9.54. The van der Waals surface area contributed by atoms with Crippen LogP contribution in [-0.4, -0.2) is 40.7 Å². The lowest BCUT2D eigenvalue weighted by Gasteiger charge is -2.24. The molecule has 0 bridgehead atoms. The predicted octanol–water partition coefficient (Wildman–Crippen LogP) is 4.60. The number of nitrogens with one attached hydrogen (secondary N) is 2. The van der Waals surface area contributed by atoms with Crippen molar-refractivity contribution >= 4 is 16.9 Å². The summed E-state index contributed by atoms with van der Waals surface area (Å²) in [5, 5.41) is 5.23. The molecule has 0 spiro atoms. The van der Waals surface area contributed by atoms with Crippen molar-refractivity contribution in [1.29, 1.82) is 0 Å². The van der Waals surface area contributed by atoms with E-state index in [2.05, 4.69) is 22.4 Å². The predicted molar refractivity (Wildman–Crippen MR) is 128 cm³/mol. The van der Waals surface area contributed by atoms with E-state index >= 15 is 0 Å². The first kappa shape index (κ1) is 22.1. The van der Waals surface area contributed by atoms with Gasteiger partial charge < -0.3 is 19.9 Å². The van der Waals surface area contributed by atoms with Crippen LogP contribution in [0.2, 0.25) is 0 Å². The average Bonchev–Trinajstić information content (AvgIpc) is 3.21. The number of likely N-dealkylation sites (tertiary alicyclic amines) is 1. The van der Waals surface area contributed by atoms with Gasteiger partial charge in [-0.3, -0.25) is 4.79 Å². The summed E-state index contributed by atoms with van der Waals surface area (Å²) in [5.41, 5.74) is 3.51. The fraction of sp³-hybridized carbons (Fsp3) is 0.385. The maximum absolute atomic E-state index is 12.5. The highest BCUT2D eigenvalue weighted by atomic mass is 16.6. The molecular weight excluding hydrogens is 402 g/mol. The van der Waals surface area contributed by atoms with Crippen LogP contribution in [-0.2, 0) is 11.3 Å². The van der Waals surface area contributed by atoms with E-state index in [0.29, 0.717) is 18.5 Å². The quantitative estimate of drug-likeness (QED) is 0.631. The Morgan fingerprint density at radius 3 is 2.62 bits per heavy atom. The largest absolute Gasteiger partial charge is 0.444 e. The Labute approximate surface area is 188 Å². The topological polar surface area (TPSA) is 74.4 Å². The summed E-state index contributed by atoms with van der Waals surface area (Å²) in [7, 11) is 0. The first-order valence-electron chi connectivity index (χ1n) is 11.1. The molecule has 1 fully saturated rings. The molecule has 1 aliphatic heterocycles. The molecule has 168 valence electrons. The molecule has 4 rings (SSSR count). The van der Waals surface area contributed by atoms with Crippen molar-refractivity contribution in [3.8, 4) is 11.3 Å². The molecule has 2 N–H and O–H groups in total. The molecule has 1 saturated heterocycles. The van der Waals surface area contributed by atoms with Gasteiger partial charge in [0.25, 0.3) is 5.56 Å². The van der Waals surface area contributed by atoms with Crippen molar-refractivity contribution in [2.24, 2.45) is 0 Å². The number of carbonyl (C=O) groups is 1. The SMILES string of the molecule is Cc1cccc2c(=O)[nH]c(-c3ccc(CN[C@H]4CCN(C(=O)OC(C)(C)C)C4)cc3)cc12. The molecule has 1 aromatic heterocycles. The van der Waals surface area contributed by atoms with E-state index in [-0.39, 0.29) is 17.7 Å². The molecule has 32 heavy (non-hydrogen) atoms. The van der Waals surface area contributed by atoms with Crippen molar-refractivity contribution in [2.45, 2.75) is 52.3 Å². The first-order valence-corrected chi connectivity index (χ1v) is 11.1. The van der Waals surface area contributed by atoms with Crippen LogP contribution in [0.1, 0.15) is 38.3 Å². The standard InChI is InChI=1S/C26H31N3O3/c1-17-6-5-7-21-22(17)14-23(28-24(21)30)19-10-8-18(9-11-19)15-27-20-12-13-29(16-20)25(31)32-26(2,3)4/h5-11,14,20,27H,12-13,15-16H2,1-4H3,(H,28,30)/t20-/m0/s1. The van der Waals surface area contributed by atoms with Crippen molar-refractivity contribution in [3.63, 3.8) is 0 Å². The lowest BCUT2D eigenvalue weighted by molar-refractivity contribution is 0.0291. The lowest BCUT2D eigenvalue weighted by atomic mass is 10.0. The van der Waals surface area contributed by atoms with E-state index in [4.69, 9.17) is 4.74 Å². The molecule has 2 heterocycles. The molecule has 2 aromatic carbocycles. The second-order valence-electron chi connectivity index (χ2n) is 9.54. The number of aryl methyl sites for hydroxylation is 1. The van der Waals surface area contributed by atoms with Gasteiger partial charge in [-0.1, -0.05) is 36.4 Å². The third-order valence-corrected chi connectivity index (χ3v) is 5.81. The van der Waals surface area contributed by atoms with Crippen LogP contribution >= 0.6 is 0 Å². The van der Waals surface area contributed by atoms with Crippen LogP contribution in [0.3, 0.4) is 0 Å². The summed E-state index contributed by atoms with van der Waals surface area (Å²) >= 11 is 0. The Morgan fingerprint density at radius 2 is 1.91 bits per heavy atom. The van der Waals surface area contributed by atoms with E-state index in [1.165, 1.54) is 0 Å². The molecule has 0 unspecified atom stereocenters. The summed E-state index contributed by atoms with van der Waals surface area (Å²) in [6.45, 7) is 9.76. The zero-order valence-electron chi connectivity index (χ0n) is 19.2. The van der Waals surface area contributed by atoms with Crippen LogP contribution in [0.4, 0.5) is 4.79 Å². The third kappa shape index (κ3) is 5.02. The van der Waals surface area contributed by atoms with Gasteiger partial charge in [-0.25, -0.2) is 4.79 Å².